The molecular weight excluding hydrogens is 397 g/mol. The molecule has 7 nitrogen and oxygen atoms in total. The molecule has 1 N–H and O–H groups in total. The van der Waals surface area contributed by atoms with Crippen molar-refractivity contribution in [3.63, 3.8) is 0 Å². The van der Waals surface area contributed by atoms with Gasteiger partial charge in [-0.05, 0) is 25.1 Å². The molecule has 1 atom stereocenters. The average Bonchev–Trinajstić information content (AvgIpc) is 3.30. The number of fused-ring (bicyclic) bond motifs is 1. The Hall–Kier alpha value is -3.14. The SMILES string of the molecule is CC1c2nnn(-c3cc[nH]n3)c2C=CN1C(=O)c1cccc(C(F)(F)F)c1Cl. The van der Waals surface area contributed by atoms with Crippen molar-refractivity contribution < 1.29 is 18.0 Å². The number of H-pyrrole nitrogens is 1. The van der Waals surface area contributed by atoms with E-state index in [1.807, 2.05) is 0 Å². The standard InChI is InChI=1S/C17H12ClF3N6O/c1-9-15-12(27(25-24-15)13-5-7-22-23-13)6-8-26(9)16(28)10-3-2-4-11(14(10)18)17(19,20)21/h2-9H,1H3,(H,22,23). The summed E-state index contributed by atoms with van der Waals surface area (Å²) < 4.78 is 40.8. The van der Waals surface area contributed by atoms with Crippen LogP contribution in [0, 0.1) is 0 Å². The minimum atomic E-state index is -4.66. The van der Waals surface area contributed by atoms with Crippen LogP contribution in [0.15, 0.2) is 36.7 Å². The Morgan fingerprint density at radius 2 is 2.07 bits per heavy atom. The third kappa shape index (κ3) is 2.85. The zero-order chi connectivity index (χ0) is 20.1. The molecule has 1 aromatic carbocycles. The van der Waals surface area contributed by atoms with Crippen molar-refractivity contribution in [3.05, 3.63) is 64.2 Å². The molecule has 3 aromatic rings. The molecule has 1 aliphatic heterocycles. The lowest BCUT2D eigenvalue weighted by atomic mass is 10.0. The van der Waals surface area contributed by atoms with Gasteiger partial charge >= 0.3 is 6.18 Å². The molecule has 0 aliphatic carbocycles. The first-order valence-corrected chi connectivity index (χ1v) is 8.49. The van der Waals surface area contributed by atoms with E-state index < -0.39 is 28.7 Å². The van der Waals surface area contributed by atoms with E-state index in [9.17, 15) is 18.0 Å². The number of hydrogen-bond acceptors (Lipinski definition) is 4. The number of amides is 1. The number of alkyl halides is 3. The summed E-state index contributed by atoms with van der Waals surface area (Å²) in [6.07, 6.45) is 0.0445. The predicted molar refractivity (Wildman–Crippen MR) is 93.6 cm³/mol. The number of carbonyl (C=O) groups excluding carboxylic acids is 1. The van der Waals surface area contributed by atoms with E-state index in [4.69, 9.17) is 11.6 Å². The molecule has 2 aromatic heterocycles. The Labute approximate surface area is 161 Å². The summed E-state index contributed by atoms with van der Waals surface area (Å²) in [5.41, 5.74) is -0.185. The number of carbonyl (C=O) groups is 1. The molecule has 1 unspecified atom stereocenters. The maximum atomic E-state index is 13.1. The molecule has 1 aliphatic rings. The minimum Gasteiger partial charge on any atom is -0.306 e. The number of aromatic amines is 1. The van der Waals surface area contributed by atoms with E-state index in [-0.39, 0.29) is 5.56 Å². The van der Waals surface area contributed by atoms with Gasteiger partial charge in [0.25, 0.3) is 5.91 Å². The van der Waals surface area contributed by atoms with E-state index in [1.165, 1.54) is 21.8 Å². The Kier molecular flexibility index (Phi) is 4.22. The number of rotatable bonds is 2. The second kappa shape index (κ2) is 6.48. The Balaban J connectivity index is 1.70. The lowest BCUT2D eigenvalue weighted by Gasteiger charge is -2.28. The largest absolute Gasteiger partial charge is 0.417 e. The zero-order valence-corrected chi connectivity index (χ0v) is 15.0. The summed E-state index contributed by atoms with van der Waals surface area (Å²) in [6, 6.07) is 4.39. The highest BCUT2D eigenvalue weighted by atomic mass is 35.5. The quantitative estimate of drug-likeness (QED) is 0.698. The van der Waals surface area contributed by atoms with Crippen LogP contribution in [-0.2, 0) is 6.18 Å². The number of nitrogens with one attached hydrogen (secondary N) is 1. The van der Waals surface area contributed by atoms with Crippen molar-refractivity contribution in [1.29, 1.82) is 0 Å². The van der Waals surface area contributed by atoms with Crippen LogP contribution in [-0.4, -0.2) is 36.0 Å². The van der Waals surface area contributed by atoms with Gasteiger partial charge in [0.1, 0.15) is 5.69 Å². The highest BCUT2D eigenvalue weighted by Crippen LogP contribution is 2.38. The van der Waals surface area contributed by atoms with Crippen molar-refractivity contribution >= 4 is 23.6 Å². The van der Waals surface area contributed by atoms with Gasteiger partial charge in [-0.2, -0.15) is 23.0 Å². The molecule has 1 amide bonds. The molecule has 144 valence electrons. The number of halogens is 4. The average molecular weight is 409 g/mol. The van der Waals surface area contributed by atoms with E-state index in [2.05, 4.69) is 20.5 Å². The number of nitrogens with zero attached hydrogens (tertiary/aromatic N) is 5. The molecule has 3 heterocycles. The van der Waals surface area contributed by atoms with Gasteiger partial charge in [-0.25, -0.2) is 0 Å². The third-order valence-corrected chi connectivity index (χ3v) is 4.82. The first-order chi connectivity index (χ1) is 13.3. The van der Waals surface area contributed by atoms with Gasteiger partial charge in [0.15, 0.2) is 5.82 Å². The molecule has 0 bridgehead atoms. The van der Waals surface area contributed by atoms with Crippen molar-refractivity contribution in [2.75, 3.05) is 0 Å². The Bertz CT molecular complexity index is 1070. The molecule has 0 radical (unpaired) electrons. The van der Waals surface area contributed by atoms with Gasteiger partial charge < -0.3 is 4.90 Å². The van der Waals surface area contributed by atoms with Crippen LogP contribution in [0.4, 0.5) is 13.2 Å². The van der Waals surface area contributed by atoms with E-state index in [0.717, 1.165) is 12.1 Å². The van der Waals surface area contributed by atoms with Gasteiger partial charge in [-0.1, -0.05) is 22.9 Å². The first kappa shape index (κ1) is 18.2. The zero-order valence-electron chi connectivity index (χ0n) is 14.3. The van der Waals surface area contributed by atoms with Gasteiger partial charge in [-0.3, -0.25) is 9.89 Å². The highest BCUT2D eigenvalue weighted by Gasteiger charge is 2.36. The van der Waals surface area contributed by atoms with Crippen LogP contribution in [0.1, 0.15) is 40.3 Å². The van der Waals surface area contributed by atoms with Crippen molar-refractivity contribution in [3.8, 4) is 5.82 Å². The van der Waals surface area contributed by atoms with Crippen molar-refractivity contribution in [2.45, 2.75) is 19.1 Å². The predicted octanol–water partition coefficient (Wildman–Crippen LogP) is 3.85. The number of aromatic nitrogens is 5. The molecule has 0 saturated carbocycles. The number of hydrogen-bond donors (Lipinski definition) is 1. The summed E-state index contributed by atoms with van der Waals surface area (Å²) in [5, 5.41) is 14.2. The first-order valence-electron chi connectivity index (χ1n) is 8.11. The van der Waals surface area contributed by atoms with E-state index in [0.29, 0.717) is 17.2 Å². The minimum absolute atomic E-state index is 0.240. The molecular formula is C17H12ClF3N6O. The summed E-state index contributed by atoms with van der Waals surface area (Å²) in [4.78, 5) is 14.2. The number of benzene rings is 1. The summed E-state index contributed by atoms with van der Waals surface area (Å²) in [5.74, 6) is -0.147. The molecule has 0 saturated heterocycles. The van der Waals surface area contributed by atoms with Crippen LogP contribution in [0.25, 0.3) is 11.9 Å². The van der Waals surface area contributed by atoms with Gasteiger partial charge in [0.2, 0.25) is 0 Å². The molecule has 28 heavy (non-hydrogen) atoms. The van der Waals surface area contributed by atoms with Gasteiger partial charge in [0, 0.05) is 18.5 Å². The molecule has 0 spiro atoms. The molecule has 4 rings (SSSR count). The second-order valence-electron chi connectivity index (χ2n) is 6.07. The summed E-state index contributed by atoms with van der Waals surface area (Å²) in [7, 11) is 0. The topological polar surface area (TPSA) is 79.7 Å². The molecule has 11 heteroatoms. The van der Waals surface area contributed by atoms with Crippen LogP contribution >= 0.6 is 11.6 Å². The maximum Gasteiger partial charge on any atom is 0.417 e. The maximum absolute atomic E-state index is 13.1. The fourth-order valence-electron chi connectivity index (χ4n) is 3.00. The Morgan fingerprint density at radius 1 is 1.29 bits per heavy atom. The lowest BCUT2D eigenvalue weighted by Crippen LogP contribution is -2.31. The Morgan fingerprint density at radius 3 is 2.75 bits per heavy atom. The third-order valence-electron chi connectivity index (χ3n) is 4.41. The van der Waals surface area contributed by atoms with Crippen molar-refractivity contribution in [1.82, 2.24) is 30.1 Å². The lowest BCUT2D eigenvalue weighted by molar-refractivity contribution is -0.137. The van der Waals surface area contributed by atoms with Crippen LogP contribution in [0.5, 0.6) is 0 Å². The van der Waals surface area contributed by atoms with Gasteiger partial charge in [-0.15, -0.1) is 5.10 Å². The van der Waals surface area contributed by atoms with Gasteiger partial charge in [0.05, 0.1) is 27.9 Å². The van der Waals surface area contributed by atoms with Crippen LogP contribution in [0.2, 0.25) is 5.02 Å². The monoisotopic (exact) mass is 408 g/mol. The van der Waals surface area contributed by atoms with E-state index >= 15 is 0 Å². The fourth-order valence-corrected chi connectivity index (χ4v) is 3.32. The van der Waals surface area contributed by atoms with Crippen molar-refractivity contribution in [2.24, 2.45) is 0 Å². The smallest absolute Gasteiger partial charge is 0.306 e. The van der Waals surface area contributed by atoms with E-state index in [1.54, 1.807) is 25.3 Å². The van der Waals surface area contributed by atoms with Crippen LogP contribution < -0.4 is 0 Å². The normalized spacial score (nSPS) is 16.3. The van der Waals surface area contributed by atoms with Crippen LogP contribution in [0.3, 0.4) is 0 Å². The summed E-state index contributed by atoms with van der Waals surface area (Å²) >= 11 is 5.89. The summed E-state index contributed by atoms with van der Waals surface area (Å²) in [6.45, 7) is 1.70. The fraction of sp³-hybridized carbons (Fsp3) is 0.176. The highest BCUT2D eigenvalue weighted by molar-refractivity contribution is 6.34. The molecule has 0 fully saturated rings. The second-order valence-corrected chi connectivity index (χ2v) is 6.45.